The van der Waals surface area contributed by atoms with Crippen molar-refractivity contribution >= 4 is 0 Å². The number of aryl methyl sites for hydroxylation is 1. The molecule has 1 N–H and O–H groups in total. The first kappa shape index (κ1) is 13.3. The van der Waals surface area contributed by atoms with Crippen LogP contribution in [-0.4, -0.2) is 21.0 Å². The van der Waals surface area contributed by atoms with E-state index < -0.39 is 0 Å². The van der Waals surface area contributed by atoms with Crippen LogP contribution in [0.2, 0.25) is 0 Å². The summed E-state index contributed by atoms with van der Waals surface area (Å²) in [4.78, 5) is 1.67. The summed E-state index contributed by atoms with van der Waals surface area (Å²) in [6, 6.07) is 10.9. The lowest BCUT2D eigenvalue weighted by Gasteiger charge is -2.22. The van der Waals surface area contributed by atoms with Crippen molar-refractivity contribution in [3.63, 3.8) is 0 Å². The van der Waals surface area contributed by atoms with Gasteiger partial charge in [0.1, 0.15) is 11.4 Å². The summed E-state index contributed by atoms with van der Waals surface area (Å²) in [5.41, 5.74) is 3.18. The monoisotopic (exact) mass is 270 g/mol. The van der Waals surface area contributed by atoms with Gasteiger partial charge in [-0.2, -0.15) is 15.0 Å². The number of nitrogens with one attached hydrogen (secondary N) is 1. The van der Waals surface area contributed by atoms with Crippen LogP contribution in [-0.2, 0) is 13.6 Å². The van der Waals surface area contributed by atoms with Crippen molar-refractivity contribution in [3.8, 4) is 11.3 Å². The van der Waals surface area contributed by atoms with Crippen LogP contribution in [0.5, 0.6) is 0 Å². The third-order valence-electron chi connectivity index (χ3n) is 3.99. The maximum Gasteiger partial charge on any atom is 0.117 e. The van der Waals surface area contributed by atoms with E-state index in [9.17, 15) is 0 Å². The lowest BCUT2D eigenvalue weighted by molar-refractivity contribution is 0.370. The molecule has 2 aromatic rings. The van der Waals surface area contributed by atoms with Crippen LogP contribution in [0.4, 0.5) is 0 Å². The number of aromatic nitrogens is 3. The lowest BCUT2D eigenvalue weighted by atomic mass is 9.95. The van der Waals surface area contributed by atoms with Crippen LogP contribution in [0.3, 0.4) is 0 Å². The number of hydrogen-bond donors (Lipinski definition) is 1. The summed E-state index contributed by atoms with van der Waals surface area (Å²) in [5, 5.41) is 12.7. The molecule has 1 aromatic carbocycles. The highest BCUT2D eigenvalue weighted by atomic mass is 15.5. The highest BCUT2D eigenvalue weighted by Crippen LogP contribution is 2.21. The van der Waals surface area contributed by atoms with Crippen LogP contribution in [0, 0.1) is 0 Å². The Kier molecular flexibility index (Phi) is 4.11. The molecule has 1 fully saturated rings. The Morgan fingerprint density at radius 1 is 1.10 bits per heavy atom. The minimum atomic E-state index is 0.648. The zero-order valence-corrected chi connectivity index (χ0v) is 12.0. The highest BCUT2D eigenvalue weighted by molar-refractivity contribution is 5.60. The normalized spacial score (nSPS) is 16.4. The van der Waals surface area contributed by atoms with E-state index in [1.54, 1.807) is 4.80 Å². The van der Waals surface area contributed by atoms with Gasteiger partial charge in [0.05, 0.1) is 0 Å². The van der Waals surface area contributed by atoms with Gasteiger partial charge >= 0.3 is 0 Å². The molecule has 20 heavy (non-hydrogen) atoms. The van der Waals surface area contributed by atoms with Gasteiger partial charge in [-0.15, -0.1) is 0 Å². The average Bonchev–Trinajstić information content (AvgIpc) is 2.88. The maximum absolute atomic E-state index is 4.51. The topological polar surface area (TPSA) is 42.7 Å². The van der Waals surface area contributed by atoms with E-state index in [0.717, 1.165) is 23.5 Å². The third-order valence-corrected chi connectivity index (χ3v) is 3.99. The van der Waals surface area contributed by atoms with E-state index in [-0.39, 0.29) is 0 Å². The van der Waals surface area contributed by atoms with E-state index in [2.05, 4.69) is 27.6 Å². The zero-order chi connectivity index (χ0) is 13.8. The van der Waals surface area contributed by atoms with Crippen molar-refractivity contribution in [1.29, 1.82) is 0 Å². The average molecular weight is 270 g/mol. The number of benzene rings is 1. The smallest absolute Gasteiger partial charge is 0.117 e. The minimum Gasteiger partial charge on any atom is -0.308 e. The Hall–Kier alpha value is -1.68. The Morgan fingerprint density at radius 2 is 1.85 bits per heavy atom. The molecular weight excluding hydrogens is 248 g/mol. The molecule has 4 heteroatoms. The zero-order valence-electron chi connectivity index (χ0n) is 12.0. The highest BCUT2D eigenvalue weighted by Gasteiger charge is 2.16. The van der Waals surface area contributed by atoms with Crippen LogP contribution in [0.15, 0.2) is 30.3 Å². The molecule has 106 valence electrons. The summed E-state index contributed by atoms with van der Waals surface area (Å²) in [6.07, 6.45) is 6.67. The van der Waals surface area contributed by atoms with Gasteiger partial charge < -0.3 is 5.32 Å². The summed E-state index contributed by atoms with van der Waals surface area (Å²) in [6.45, 7) is 0.808. The van der Waals surface area contributed by atoms with Gasteiger partial charge in [-0.1, -0.05) is 49.6 Å². The second-order valence-electron chi connectivity index (χ2n) is 5.57. The van der Waals surface area contributed by atoms with Crippen molar-refractivity contribution in [3.05, 3.63) is 36.0 Å². The van der Waals surface area contributed by atoms with Gasteiger partial charge in [-0.05, 0) is 12.8 Å². The van der Waals surface area contributed by atoms with Crippen LogP contribution in [0.1, 0.15) is 37.8 Å². The largest absolute Gasteiger partial charge is 0.308 e. The standard InChI is InChI=1S/C16H22N4/c1-20-18-15(12-17-14-10-6-3-7-11-14)16(19-20)13-8-4-2-5-9-13/h2,4-5,8-9,14,17H,3,6-7,10-12H2,1H3. The molecule has 1 heterocycles. The molecule has 0 radical (unpaired) electrons. The van der Waals surface area contributed by atoms with E-state index in [0.29, 0.717) is 6.04 Å². The summed E-state index contributed by atoms with van der Waals surface area (Å²) < 4.78 is 0. The molecule has 0 spiro atoms. The molecule has 1 saturated carbocycles. The first-order valence-corrected chi connectivity index (χ1v) is 7.52. The molecule has 0 atom stereocenters. The fourth-order valence-electron chi connectivity index (χ4n) is 2.93. The molecular formula is C16H22N4. The SMILES string of the molecule is Cn1nc(CNC2CCCCC2)c(-c2ccccc2)n1. The van der Waals surface area contributed by atoms with E-state index >= 15 is 0 Å². The molecule has 0 bridgehead atoms. The van der Waals surface area contributed by atoms with E-state index in [1.165, 1.54) is 32.1 Å². The van der Waals surface area contributed by atoms with Crippen molar-refractivity contribution in [2.75, 3.05) is 0 Å². The molecule has 1 aliphatic carbocycles. The third kappa shape index (κ3) is 3.07. The molecule has 0 unspecified atom stereocenters. The molecule has 0 amide bonds. The van der Waals surface area contributed by atoms with Crippen molar-refractivity contribution in [2.24, 2.45) is 7.05 Å². The quantitative estimate of drug-likeness (QED) is 0.929. The molecule has 0 aliphatic heterocycles. The lowest BCUT2D eigenvalue weighted by Crippen LogP contribution is -2.30. The van der Waals surface area contributed by atoms with Crippen LogP contribution in [0.25, 0.3) is 11.3 Å². The second-order valence-corrected chi connectivity index (χ2v) is 5.57. The van der Waals surface area contributed by atoms with Gasteiger partial charge in [0.15, 0.2) is 0 Å². The van der Waals surface area contributed by atoms with Crippen LogP contribution >= 0.6 is 0 Å². The van der Waals surface area contributed by atoms with Gasteiger partial charge in [-0.25, -0.2) is 0 Å². The fourth-order valence-corrected chi connectivity index (χ4v) is 2.93. The first-order valence-electron chi connectivity index (χ1n) is 7.52. The van der Waals surface area contributed by atoms with Gasteiger partial charge in [-0.3, -0.25) is 0 Å². The Morgan fingerprint density at radius 3 is 2.60 bits per heavy atom. The number of hydrogen-bond acceptors (Lipinski definition) is 3. The Bertz CT molecular complexity index is 541. The molecule has 3 rings (SSSR count). The molecule has 0 saturated heterocycles. The van der Waals surface area contributed by atoms with Gasteiger partial charge in [0, 0.05) is 25.2 Å². The molecule has 4 nitrogen and oxygen atoms in total. The molecule has 1 aromatic heterocycles. The minimum absolute atomic E-state index is 0.648. The Labute approximate surface area is 120 Å². The fraction of sp³-hybridized carbons (Fsp3) is 0.500. The van der Waals surface area contributed by atoms with Crippen molar-refractivity contribution in [2.45, 2.75) is 44.7 Å². The summed E-state index contributed by atoms with van der Waals surface area (Å²) >= 11 is 0. The van der Waals surface area contributed by atoms with E-state index in [4.69, 9.17) is 0 Å². The van der Waals surface area contributed by atoms with Crippen molar-refractivity contribution < 1.29 is 0 Å². The van der Waals surface area contributed by atoms with Gasteiger partial charge in [0.2, 0.25) is 0 Å². The second kappa shape index (κ2) is 6.18. The number of nitrogens with zero attached hydrogens (tertiary/aromatic N) is 3. The maximum atomic E-state index is 4.51. The predicted octanol–water partition coefficient (Wildman–Crippen LogP) is 2.90. The summed E-state index contributed by atoms with van der Waals surface area (Å²) in [7, 11) is 1.89. The van der Waals surface area contributed by atoms with Crippen molar-refractivity contribution in [1.82, 2.24) is 20.3 Å². The number of rotatable bonds is 4. The summed E-state index contributed by atoms with van der Waals surface area (Å²) in [5.74, 6) is 0. The predicted molar refractivity (Wildman–Crippen MR) is 80.2 cm³/mol. The Balaban J connectivity index is 1.73. The molecule has 1 aliphatic rings. The van der Waals surface area contributed by atoms with E-state index in [1.807, 2.05) is 25.2 Å². The van der Waals surface area contributed by atoms with Crippen LogP contribution < -0.4 is 5.32 Å². The van der Waals surface area contributed by atoms with Gasteiger partial charge in [0.25, 0.3) is 0 Å². The first-order chi connectivity index (χ1) is 9.83.